The summed E-state index contributed by atoms with van der Waals surface area (Å²) in [5.74, 6) is -0.304. The van der Waals surface area contributed by atoms with Gasteiger partial charge in [0.25, 0.3) is 0 Å². The third-order valence-corrected chi connectivity index (χ3v) is 2.17. The van der Waals surface area contributed by atoms with Gasteiger partial charge in [-0.25, -0.2) is 8.91 Å². The molecule has 0 aliphatic heterocycles. The molecule has 0 spiro atoms. The summed E-state index contributed by atoms with van der Waals surface area (Å²) in [6.45, 7) is 0. The lowest BCUT2D eigenvalue weighted by atomic mass is 10.4. The molecule has 4 heteroatoms. The zero-order valence-electron chi connectivity index (χ0n) is 5.46. The molecule has 0 aromatic carbocycles. The summed E-state index contributed by atoms with van der Waals surface area (Å²) in [4.78, 5) is 0. The Morgan fingerprint density at radius 1 is 1.36 bits per heavy atom. The Labute approximate surface area is 70.8 Å². The minimum atomic E-state index is -0.304. The van der Waals surface area contributed by atoms with Crippen LogP contribution in [0.2, 0.25) is 0 Å². The first-order valence-electron chi connectivity index (χ1n) is 3.07. The molecule has 2 heterocycles. The van der Waals surface area contributed by atoms with E-state index in [9.17, 15) is 4.39 Å². The summed E-state index contributed by atoms with van der Waals surface area (Å²) < 4.78 is 14.7. The molecule has 0 amide bonds. The molecule has 0 N–H and O–H groups in total. The smallest absolute Gasteiger partial charge is 0.156 e. The third kappa shape index (κ3) is 0.939. The fourth-order valence-corrected chi connectivity index (χ4v) is 1.36. The van der Waals surface area contributed by atoms with Crippen LogP contribution in [-0.4, -0.2) is 9.61 Å². The van der Waals surface area contributed by atoms with Crippen molar-refractivity contribution in [1.29, 1.82) is 0 Å². The lowest BCUT2D eigenvalue weighted by molar-refractivity contribution is 0.604. The second-order valence-corrected chi connectivity index (χ2v) is 2.89. The van der Waals surface area contributed by atoms with Gasteiger partial charge in [0.15, 0.2) is 5.82 Å². The van der Waals surface area contributed by atoms with Gasteiger partial charge in [0.2, 0.25) is 0 Å². The van der Waals surface area contributed by atoms with E-state index in [1.165, 1.54) is 10.6 Å². The van der Waals surface area contributed by atoms with Crippen LogP contribution in [-0.2, 0) is 0 Å². The van der Waals surface area contributed by atoms with Crippen LogP contribution in [0.4, 0.5) is 4.39 Å². The van der Waals surface area contributed by atoms with Crippen molar-refractivity contribution in [3.05, 3.63) is 34.8 Å². The van der Waals surface area contributed by atoms with Gasteiger partial charge < -0.3 is 0 Å². The Kier molecular flexibility index (Phi) is 1.42. The van der Waals surface area contributed by atoms with E-state index in [0.717, 1.165) is 5.52 Å². The first kappa shape index (κ1) is 6.79. The van der Waals surface area contributed by atoms with Crippen molar-refractivity contribution in [2.75, 3.05) is 0 Å². The molecule has 0 unspecified atom stereocenters. The van der Waals surface area contributed by atoms with Gasteiger partial charge in [-0.2, -0.15) is 5.10 Å². The van der Waals surface area contributed by atoms with Gasteiger partial charge in [0, 0.05) is 0 Å². The van der Waals surface area contributed by atoms with E-state index < -0.39 is 0 Å². The highest BCUT2D eigenvalue weighted by molar-refractivity contribution is 9.10. The molecule has 2 nitrogen and oxygen atoms in total. The summed E-state index contributed by atoms with van der Waals surface area (Å²) in [6.07, 6.45) is 1.62. The van der Waals surface area contributed by atoms with Crippen molar-refractivity contribution in [3.63, 3.8) is 0 Å². The number of rotatable bonds is 0. The summed E-state index contributed by atoms with van der Waals surface area (Å²) >= 11 is 3.09. The van der Waals surface area contributed by atoms with Gasteiger partial charge in [-0.15, -0.1) is 0 Å². The van der Waals surface area contributed by atoms with E-state index in [4.69, 9.17) is 0 Å². The number of nitrogens with zero attached hydrogens (tertiary/aromatic N) is 2. The van der Waals surface area contributed by atoms with Crippen molar-refractivity contribution in [2.24, 2.45) is 0 Å². The van der Waals surface area contributed by atoms with Gasteiger partial charge in [0.05, 0.1) is 11.7 Å². The Morgan fingerprint density at radius 2 is 2.18 bits per heavy atom. The van der Waals surface area contributed by atoms with Crippen molar-refractivity contribution < 1.29 is 4.39 Å². The van der Waals surface area contributed by atoms with Crippen LogP contribution in [0, 0.1) is 5.82 Å². The standard InChI is InChI=1S/C7H4BrFN2/c8-7-6(9)2-1-5-3-4-10-11(5)7/h1-4H. The molecule has 0 fully saturated rings. The largest absolute Gasteiger partial charge is 0.224 e. The van der Waals surface area contributed by atoms with E-state index in [2.05, 4.69) is 21.0 Å². The van der Waals surface area contributed by atoms with Crippen LogP contribution in [0.15, 0.2) is 29.0 Å². The van der Waals surface area contributed by atoms with Crippen molar-refractivity contribution in [1.82, 2.24) is 9.61 Å². The number of hydrogen-bond acceptors (Lipinski definition) is 1. The van der Waals surface area contributed by atoms with Gasteiger partial charge in [-0.05, 0) is 34.1 Å². The minimum absolute atomic E-state index is 0.304. The van der Waals surface area contributed by atoms with E-state index in [-0.39, 0.29) is 5.82 Å². The molecule has 2 aromatic heterocycles. The maximum atomic E-state index is 12.8. The van der Waals surface area contributed by atoms with Crippen LogP contribution >= 0.6 is 15.9 Å². The monoisotopic (exact) mass is 214 g/mol. The van der Waals surface area contributed by atoms with Crippen molar-refractivity contribution >= 4 is 21.4 Å². The fraction of sp³-hybridized carbons (Fsp3) is 0. The van der Waals surface area contributed by atoms with Crippen LogP contribution in [0.1, 0.15) is 0 Å². The molecule has 11 heavy (non-hydrogen) atoms. The van der Waals surface area contributed by atoms with Gasteiger partial charge >= 0.3 is 0 Å². The quantitative estimate of drug-likeness (QED) is 0.616. The van der Waals surface area contributed by atoms with Crippen LogP contribution in [0.3, 0.4) is 0 Å². The number of fused-ring (bicyclic) bond motifs is 1. The molecular weight excluding hydrogens is 211 g/mol. The van der Waals surface area contributed by atoms with Gasteiger partial charge in [0.1, 0.15) is 4.60 Å². The molecule has 0 aliphatic rings. The molecule has 0 aliphatic carbocycles. The fourth-order valence-electron chi connectivity index (χ4n) is 0.932. The zero-order valence-corrected chi connectivity index (χ0v) is 7.05. The van der Waals surface area contributed by atoms with E-state index in [1.807, 2.05) is 6.07 Å². The lowest BCUT2D eigenvalue weighted by Gasteiger charge is -1.96. The topological polar surface area (TPSA) is 17.3 Å². The maximum absolute atomic E-state index is 12.8. The summed E-state index contributed by atoms with van der Waals surface area (Å²) in [5, 5.41) is 3.91. The third-order valence-electron chi connectivity index (χ3n) is 1.46. The highest BCUT2D eigenvalue weighted by atomic mass is 79.9. The van der Waals surface area contributed by atoms with Crippen LogP contribution < -0.4 is 0 Å². The molecule has 0 radical (unpaired) electrons. The van der Waals surface area contributed by atoms with Gasteiger partial charge in [-0.3, -0.25) is 0 Å². The SMILES string of the molecule is Fc1ccc2ccnn2c1Br. The van der Waals surface area contributed by atoms with Crippen LogP contribution in [0.25, 0.3) is 5.52 Å². The second kappa shape index (κ2) is 2.30. The van der Waals surface area contributed by atoms with Crippen molar-refractivity contribution in [3.8, 4) is 0 Å². The molecule has 0 bridgehead atoms. The van der Waals surface area contributed by atoms with Gasteiger partial charge in [-0.1, -0.05) is 0 Å². The molecule has 2 rings (SSSR count). The molecule has 2 aromatic rings. The number of aromatic nitrogens is 2. The van der Waals surface area contributed by atoms with E-state index in [1.54, 1.807) is 12.3 Å². The molecule has 56 valence electrons. The Hall–Kier alpha value is -0.900. The average molecular weight is 215 g/mol. The average Bonchev–Trinajstić information content (AvgIpc) is 2.45. The zero-order chi connectivity index (χ0) is 7.84. The first-order valence-corrected chi connectivity index (χ1v) is 3.86. The van der Waals surface area contributed by atoms with E-state index in [0.29, 0.717) is 4.60 Å². The summed E-state index contributed by atoms with van der Waals surface area (Å²) in [6, 6.07) is 4.89. The molecular formula is C7H4BrFN2. The van der Waals surface area contributed by atoms with Crippen LogP contribution in [0.5, 0.6) is 0 Å². The Morgan fingerprint density at radius 3 is 3.00 bits per heavy atom. The second-order valence-electron chi connectivity index (χ2n) is 2.14. The maximum Gasteiger partial charge on any atom is 0.156 e. The van der Waals surface area contributed by atoms with Crippen molar-refractivity contribution in [2.45, 2.75) is 0 Å². The molecule has 0 atom stereocenters. The number of pyridine rings is 1. The first-order chi connectivity index (χ1) is 5.29. The highest BCUT2D eigenvalue weighted by Crippen LogP contribution is 2.16. The highest BCUT2D eigenvalue weighted by Gasteiger charge is 2.02. The molecule has 0 saturated carbocycles. The number of halogens is 2. The van der Waals surface area contributed by atoms with E-state index >= 15 is 0 Å². The normalized spacial score (nSPS) is 10.7. The number of hydrogen-bond donors (Lipinski definition) is 0. The Bertz CT molecular complexity index is 396. The summed E-state index contributed by atoms with van der Waals surface area (Å²) in [5.41, 5.74) is 0.873. The minimum Gasteiger partial charge on any atom is -0.224 e. The lowest BCUT2D eigenvalue weighted by Crippen LogP contribution is -1.91. The predicted octanol–water partition coefficient (Wildman–Crippen LogP) is 2.24. The predicted molar refractivity (Wildman–Crippen MR) is 42.9 cm³/mol. The molecule has 0 saturated heterocycles. The Balaban J connectivity index is 2.93. The summed E-state index contributed by atoms with van der Waals surface area (Å²) in [7, 11) is 0.